The van der Waals surface area contributed by atoms with Gasteiger partial charge >= 0.3 is 12.0 Å². The highest BCUT2D eigenvalue weighted by atomic mass is 16.5. The van der Waals surface area contributed by atoms with Gasteiger partial charge in [-0.1, -0.05) is 90.6 Å². The molecule has 0 radical (unpaired) electrons. The lowest BCUT2D eigenvalue weighted by molar-refractivity contribution is -0.149. The van der Waals surface area contributed by atoms with Crippen molar-refractivity contribution in [3.05, 3.63) is 35.9 Å². The fraction of sp³-hybridized carbons (Fsp3) is 0.667. The van der Waals surface area contributed by atoms with E-state index >= 15 is 0 Å². The van der Waals surface area contributed by atoms with E-state index in [1.54, 1.807) is 0 Å². The van der Waals surface area contributed by atoms with Gasteiger partial charge in [0.2, 0.25) is 17.6 Å². The van der Waals surface area contributed by atoms with E-state index in [1.807, 2.05) is 65.0 Å². The van der Waals surface area contributed by atoms with Gasteiger partial charge in [-0.2, -0.15) is 0 Å². The summed E-state index contributed by atoms with van der Waals surface area (Å²) < 4.78 is 5.57. The summed E-state index contributed by atoms with van der Waals surface area (Å²) in [7, 11) is 0. The summed E-state index contributed by atoms with van der Waals surface area (Å²) in [6.07, 6.45) is 6.22. The standard InChI is InChI=1S/C36H53N5O7/c1-21(2)25-17-18-41(28(25)32(44)38-26(29(42)31(37)43)19-22-13-9-14-22)33(45)30(36(3,4)5)40-35(47)39-27(24-15-10-16-24)34(46)48-20-23-11-7-6-8-12-23/h6-8,11-12,21-22,24-28,30H,9-10,13-20H2,1-5H3,(H2,37,43)(H,38,44)(H2,39,40,47)/t25-,26?,27+,28+,30-/m1/s1. The number of benzene rings is 1. The largest absolute Gasteiger partial charge is 0.459 e. The smallest absolute Gasteiger partial charge is 0.329 e. The highest BCUT2D eigenvalue weighted by molar-refractivity contribution is 6.37. The molecule has 2 saturated carbocycles. The molecule has 12 nitrogen and oxygen atoms in total. The average Bonchev–Trinajstić information content (AvgIpc) is 3.44. The van der Waals surface area contributed by atoms with Crippen LogP contribution in [0.15, 0.2) is 30.3 Å². The summed E-state index contributed by atoms with van der Waals surface area (Å²) >= 11 is 0. The fourth-order valence-electron chi connectivity index (χ4n) is 6.91. The molecule has 5 amide bonds. The highest BCUT2D eigenvalue weighted by Gasteiger charge is 2.48. The van der Waals surface area contributed by atoms with Gasteiger partial charge in [-0.15, -0.1) is 0 Å². The number of urea groups is 1. The molecule has 264 valence electrons. The van der Waals surface area contributed by atoms with Crippen molar-refractivity contribution in [2.45, 2.75) is 117 Å². The fourth-order valence-corrected chi connectivity index (χ4v) is 6.91. The number of amides is 5. The highest BCUT2D eigenvalue weighted by Crippen LogP contribution is 2.35. The molecule has 0 bridgehead atoms. The van der Waals surface area contributed by atoms with Crippen molar-refractivity contribution in [3.63, 3.8) is 0 Å². The summed E-state index contributed by atoms with van der Waals surface area (Å²) in [6, 6.07) is 4.73. The molecule has 1 heterocycles. The topological polar surface area (TPSA) is 177 Å². The number of carbonyl (C=O) groups is 6. The number of ether oxygens (including phenoxy) is 1. The minimum Gasteiger partial charge on any atom is -0.459 e. The second-order valence-corrected chi connectivity index (χ2v) is 15.2. The number of hydrogen-bond acceptors (Lipinski definition) is 7. The van der Waals surface area contributed by atoms with Gasteiger partial charge in [0.15, 0.2) is 0 Å². The van der Waals surface area contributed by atoms with Crippen LogP contribution in [0.2, 0.25) is 0 Å². The number of hydrogen-bond donors (Lipinski definition) is 4. The molecule has 0 spiro atoms. The Balaban J connectivity index is 1.49. The monoisotopic (exact) mass is 667 g/mol. The Morgan fingerprint density at radius 1 is 0.917 bits per heavy atom. The second kappa shape index (κ2) is 16.0. The molecule has 3 aliphatic rings. The van der Waals surface area contributed by atoms with Crippen LogP contribution in [0.5, 0.6) is 0 Å². The van der Waals surface area contributed by atoms with Gasteiger partial charge in [0, 0.05) is 6.54 Å². The van der Waals surface area contributed by atoms with Crippen molar-refractivity contribution < 1.29 is 33.5 Å². The zero-order valence-corrected chi connectivity index (χ0v) is 29.0. The predicted octanol–water partition coefficient (Wildman–Crippen LogP) is 3.21. The van der Waals surface area contributed by atoms with Crippen molar-refractivity contribution in [1.82, 2.24) is 20.9 Å². The lowest BCUT2D eigenvalue weighted by atomic mass is 9.79. The van der Waals surface area contributed by atoms with E-state index in [1.165, 1.54) is 4.90 Å². The van der Waals surface area contributed by atoms with Gasteiger partial charge in [-0.05, 0) is 60.3 Å². The molecule has 1 unspecified atom stereocenters. The van der Waals surface area contributed by atoms with Crippen LogP contribution < -0.4 is 21.7 Å². The van der Waals surface area contributed by atoms with Gasteiger partial charge in [-0.3, -0.25) is 19.2 Å². The molecule has 1 aliphatic heterocycles. The molecule has 1 aromatic carbocycles. The number of nitrogens with zero attached hydrogens (tertiary/aromatic N) is 1. The van der Waals surface area contributed by atoms with Crippen LogP contribution in [0, 0.1) is 29.1 Å². The van der Waals surface area contributed by atoms with Crippen LogP contribution >= 0.6 is 0 Å². The van der Waals surface area contributed by atoms with Crippen molar-refractivity contribution >= 4 is 35.5 Å². The molecular weight excluding hydrogens is 614 g/mol. The summed E-state index contributed by atoms with van der Waals surface area (Å²) in [5.41, 5.74) is 5.40. The molecule has 5 atom stereocenters. The molecule has 5 N–H and O–H groups in total. The quantitative estimate of drug-likeness (QED) is 0.174. The molecule has 12 heteroatoms. The first kappa shape index (κ1) is 36.9. The minimum atomic E-state index is -1.11. The first-order chi connectivity index (χ1) is 22.7. The summed E-state index contributed by atoms with van der Waals surface area (Å²) in [5.74, 6) is -3.47. The molecule has 0 aromatic heterocycles. The van der Waals surface area contributed by atoms with Crippen LogP contribution in [-0.2, 0) is 35.3 Å². The van der Waals surface area contributed by atoms with E-state index < -0.39 is 65.1 Å². The van der Waals surface area contributed by atoms with Gasteiger partial charge in [0.05, 0.1) is 6.04 Å². The summed E-state index contributed by atoms with van der Waals surface area (Å²) in [5, 5.41) is 8.39. The number of likely N-dealkylation sites (tertiary alicyclic amines) is 1. The molecule has 1 saturated heterocycles. The van der Waals surface area contributed by atoms with E-state index in [-0.39, 0.29) is 36.8 Å². The normalized spacial score (nSPS) is 21.7. The van der Waals surface area contributed by atoms with Crippen LogP contribution in [0.4, 0.5) is 4.79 Å². The number of rotatable bonds is 14. The Kier molecular flexibility index (Phi) is 12.3. The number of carbonyl (C=O) groups excluding carboxylic acids is 6. The molecule has 4 rings (SSSR count). The zero-order chi connectivity index (χ0) is 35.2. The van der Waals surface area contributed by atoms with Crippen LogP contribution in [0.25, 0.3) is 0 Å². The van der Waals surface area contributed by atoms with E-state index in [0.717, 1.165) is 44.1 Å². The van der Waals surface area contributed by atoms with Crippen LogP contribution in [0.3, 0.4) is 0 Å². The maximum atomic E-state index is 14.3. The van der Waals surface area contributed by atoms with Gasteiger partial charge in [0.25, 0.3) is 5.91 Å². The Labute approximate surface area is 283 Å². The van der Waals surface area contributed by atoms with E-state index in [0.29, 0.717) is 12.8 Å². The molecule has 3 fully saturated rings. The third kappa shape index (κ3) is 9.14. The van der Waals surface area contributed by atoms with Crippen LogP contribution in [-0.4, -0.2) is 71.1 Å². The summed E-state index contributed by atoms with van der Waals surface area (Å²) in [6.45, 7) is 9.77. The third-order valence-electron chi connectivity index (χ3n) is 10.3. The lowest BCUT2D eigenvalue weighted by Gasteiger charge is -2.38. The first-order valence-corrected chi connectivity index (χ1v) is 17.4. The number of Topliss-reactive ketones (excluding diaryl/α,β-unsaturated/α-hetero) is 1. The number of esters is 1. The zero-order valence-electron chi connectivity index (χ0n) is 29.0. The first-order valence-electron chi connectivity index (χ1n) is 17.4. The van der Waals surface area contributed by atoms with Crippen molar-refractivity contribution in [3.8, 4) is 0 Å². The van der Waals surface area contributed by atoms with Gasteiger partial charge in [-0.25, -0.2) is 9.59 Å². The van der Waals surface area contributed by atoms with Crippen molar-refractivity contribution in [1.29, 1.82) is 0 Å². The Morgan fingerprint density at radius 2 is 1.56 bits per heavy atom. The van der Waals surface area contributed by atoms with Gasteiger partial charge < -0.3 is 31.3 Å². The third-order valence-corrected chi connectivity index (χ3v) is 10.3. The maximum Gasteiger partial charge on any atom is 0.329 e. The molecule has 1 aromatic rings. The molecular formula is C36H53N5O7. The predicted molar refractivity (Wildman–Crippen MR) is 179 cm³/mol. The van der Waals surface area contributed by atoms with Crippen molar-refractivity contribution in [2.75, 3.05) is 6.54 Å². The van der Waals surface area contributed by atoms with E-state index in [4.69, 9.17) is 10.5 Å². The number of ketones is 1. The van der Waals surface area contributed by atoms with Crippen LogP contribution in [0.1, 0.15) is 91.5 Å². The summed E-state index contributed by atoms with van der Waals surface area (Å²) in [4.78, 5) is 81.0. The number of primary amides is 1. The Morgan fingerprint density at radius 3 is 2.08 bits per heavy atom. The lowest BCUT2D eigenvalue weighted by Crippen LogP contribution is -2.62. The Bertz CT molecular complexity index is 1340. The van der Waals surface area contributed by atoms with Crippen molar-refractivity contribution in [2.24, 2.45) is 34.8 Å². The Hall–Kier alpha value is -3.96. The second-order valence-electron chi connectivity index (χ2n) is 15.2. The molecule has 48 heavy (non-hydrogen) atoms. The molecule has 2 aliphatic carbocycles. The number of nitrogens with two attached hydrogens (primary N) is 1. The average molecular weight is 668 g/mol. The van der Waals surface area contributed by atoms with Gasteiger partial charge in [0.1, 0.15) is 24.7 Å². The maximum absolute atomic E-state index is 14.3. The number of nitrogens with one attached hydrogen (secondary N) is 3. The van der Waals surface area contributed by atoms with E-state index in [2.05, 4.69) is 16.0 Å². The SMILES string of the molecule is CC(C)[C@H]1CCN(C(=O)[C@@H](NC(=O)N[C@H](C(=O)OCc2ccccc2)C2CCC2)C(C)(C)C)[C@@H]1C(=O)NC(CC1CCC1)C(=O)C(N)=O. The van der Waals surface area contributed by atoms with E-state index in [9.17, 15) is 28.8 Å². The minimum absolute atomic E-state index is 0.0324.